The number of carboxylic acid groups (broad SMARTS) is 1. The Morgan fingerprint density at radius 1 is 1.63 bits per heavy atom. The van der Waals surface area contributed by atoms with Crippen LogP contribution in [0.3, 0.4) is 0 Å². The summed E-state index contributed by atoms with van der Waals surface area (Å²) in [6, 6.07) is 0. The molecule has 1 atom stereocenters. The summed E-state index contributed by atoms with van der Waals surface area (Å²) in [6.07, 6.45) is 1.32. The number of carbonyl (C=O) groups is 1. The van der Waals surface area contributed by atoms with Gasteiger partial charge >= 0.3 is 5.97 Å². The molecular weight excluding hydrogens is 292 g/mol. The van der Waals surface area contributed by atoms with Crippen molar-refractivity contribution in [2.24, 2.45) is 5.92 Å². The molecule has 0 amide bonds. The summed E-state index contributed by atoms with van der Waals surface area (Å²) < 4.78 is 27.2. The third-order valence-corrected chi connectivity index (χ3v) is 5.35. The number of hydrogen-bond acceptors (Lipinski definition) is 4. The van der Waals surface area contributed by atoms with Gasteiger partial charge in [0.15, 0.2) is 0 Å². The first-order chi connectivity index (χ1) is 8.94. The van der Waals surface area contributed by atoms with Crippen LogP contribution in [-0.4, -0.2) is 27.7 Å². The molecule has 1 fully saturated rings. The largest absolute Gasteiger partial charge is 0.481 e. The summed E-state index contributed by atoms with van der Waals surface area (Å²) in [7, 11) is 0. The van der Waals surface area contributed by atoms with Gasteiger partial charge in [-0.2, -0.15) is 0 Å². The predicted octanol–water partition coefficient (Wildman–Crippen LogP) is 3.69. The van der Waals surface area contributed by atoms with Crippen molar-refractivity contribution in [3.05, 3.63) is 11.1 Å². The van der Waals surface area contributed by atoms with Crippen LogP contribution >= 0.6 is 23.1 Å². The number of carboxylic acids is 1. The molecule has 1 aromatic rings. The Morgan fingerprint density at radius 3 is 3.11 bits per heavy atom. The summed E-state index contributed by atoms with van der Waals surface area (Å²) in [5.41, 5.74) is 0.536. The van der Waals surface area contributed by atoms with E-state index in [9.17, 15) is 13.6 Å². The molecule has 1 aromatic heterocycles. The standard InChI is InChI=1S/C12H15F2NO2S2/c13-12(14)3-1-2-8(5-12)6-18-11-15-9(7-19-11)4-10(16)17/h7-8H,1-6H2,(H,16,17). The lowest BCUT2D eigenvalue weighted by Crippen LogP contribution is -2.27. The van der Waals surface area contributed by atoms with E-state index in [1.807, 2.05) is 0 Å². The molecule has 1 aliphatic carbocycles. The maximum Gasteiger partial charge on any atom is 0.309 e. The normalized spacial score (nSPS) is 22.3. The highest BCUT2D eigenvalue weighted by Gasteiger charge is 2.36. The second-order valence-electron chi connectivity index (χ2n) is 4.80. The van der Waals surface area contributed by atoms with E-state index in [1.165, 1.54) is 23.1 Å². The summed E-state index contributed by atoms with van der Waals surface area (Å²) >= 11 is 2.84. The molecule has 0 spiro atoms. The zero-order valence-electron chi connectivity index (χ0n) is 10.3. The van der Waals surface area contributed by atoms with E-state index in [0.717, 1.165) is 10.8 Å². The van der Waals surface area contributed by atoms with Crippen molar-refractivity contribution in [3.8, 4) is 0 Å². The van der Waals surface area contributed by atoms with Gasteiger partial charge in [0.25, 0.3) is 0 Å². The minimum absolute atomic E-state index is 0.00811. The molecule has 1 aliphatic rings. The van der Waals surface area contributed by atoms with Gasteiger partial charge in [-0.3, -0.25) is 4.79 Å². The first-order valence-electron chi connectivity index (χ1n) is 6.11. The summed E-state index contributed by atoms with van der Waals surface area (Å²) in [5.74, 6) is -2.76. The highest BCUT2D eigenvalue weighted by Crippen LogP contribution is 2.39. The van der Waals surface area contributed by atoms with Gasteiger partial charge in [0.1, 0.15) is 4.34 Å². The molecule has 0 bridgehead atoms. The average Bonchev–Trinajstić information content (AvgIpc) is 2.72. The van der Waals surface area contributed by atoms with Gasteiger partial charge in [0.2, 0.25) is 5.92 Å². The van der Waals surface area contributed by atoms with Crippen LogP contribution in [0.4, 0.5) is 8.78 Å². The fourth-order valence-corrected chi connectivity index (χ4v) is 4.21. The second-order valence-corrected chi connectivity index (χ2v) is 6.93. The van der Waals surface area contributed by atoms with E-state index in [0.29, 0.717) is 17.9 Å². The van der Waals surface area contributed by atoms with Crippen molar-refractivity contribution >= 4 is 29.1 Å². The molecule has 2 rings (SSSR count). The molecule has 0 radical (unpaired) electrons. The van der Waals surface area contributed by atoms with E-state index in [1.54, 1.807) is 5.38 Å². The second kappa shape index (κ2) is 6.17. The van der Waals surface area contributed by atoms with Crippen LogP contribution in [-0.2, 0) is 11.2 Å². The number of halogens is 2. The SMILES string of the molecule is O=C(O)Cc1csc(SCC2CCCC(F)(F)C2)n1. The number of aliphatic carboxylic acids is 1. The lowest BCUT2D eigenvalue weighted by Gasteiger charge is -2.28. The lowest BCUT2D eigenvalue weighted by molar-refractivity contribution is -0.136. The topological polar surface area (TPSA) is 50.2 Å². The number of nitrogens with zero attached hydrogens (tertiary/aromatic N) is 1. The van der Waals surface area contributed by atoms with Crippen LogP contribution < -0.4 is 0 Å². The molecule has 1 N–H and O–H groups in total. The average molecular weight is 307 g/mol. The van der Waals surface area contributed by atoms with Crippen molar-refractivity contribution < 1.29 is 18.7 Å². The van der Waals surface area contributed by atoms with Crippen molar-refractivity contribution in [2.75, 3.05) is 5.75 Å². The third kappa shape index (κ3) is 4.72. The molecule has 3 nitrogen and oxygen atoms in total. The van der Waals surface area contributed by atoms with Crippen molar-refractivity contribution in [2.45, 2.75) is 42.4 Å². The molecular formula is C12H15F2NO2S2. The molecule has 1 heterocycles. The van der Waals surface area contributed by atoms with E-state index in [4.69, 9.17) is 5.11 Å². The number of thioether (sulfide) groups is 1. The minimum Gasteiger partial charge on any atom is -0.481 e. The zero-order valence-corrected chi connectivity index (χ0v) is 11.9. The van der Waals surface area contributed by atoms with Gasteiger partial charge in [-0.15, -0.1) is 11.3 Å². The molecule has 0 saturated heterocycles. The molecule has 0 aromatic carbocycles. The van der Waals surface area contributed by atoms with Gasteiger partial charge in [-0.05, 0) is 18.8 Å². The Kier molecular flexibility index (Phi) is 4.78. The summed E-state index contributed by atoms with van der Waals surface area (Å²) in [6.45, 7) is 0. The van der Waals surface area contributed by atoms with E-state index in [2.05, 4.69) is 4.98 Å². The Morgan fingerprint density at radius 2 is 2.42 bits per heavy atom. The first-order valence-corrected chi connectivity index (χ1v) is 7.98. The molecule has 106 valence electrons. The molecule has 1 unspecified atom stereocenters. The van der Waals surface area contributed by atoms with Crippen LogP contribution in [0.15, 0.2) is 9.72 Å². The molecule has 1 saturated carbocycles. The van der Waals surface area contributed by atoms with E-state index >= 15 is 0 Å². The fraction of sp³-hybridized carbons (Fsp3) is 0.667. The fourth-order valence-electron chi connectivity index (χ4n) is 2.20. The zero-order chi connectivity index (χ0) is 13.9. The highest BCUT2D eigenvalue weighted by molar-refractivity contribution is 8.01. The van der Waals surface area contributed by atoms with Crippen LogP contribution in [0.1, 0.15) is 31.4 Å². The monoisotopic (exact) mass is 307 g/mol. The molecule has 19 heavy (non-hydrogen) atoms. The van der Waals surface area contributed by atoms with Crippen LogP contribution in [0.2, 0.25) is 0 Å². The van der Waals surface area contributed by atoms with Crippen molar-refractivity contribution in [1.29, 1.82) is 0 Å². The van der Waals surface area contributed by atoms with Crippen molar-refractivity contribution in [3.63, 3.8) is 0 Å². The number of hydrogen-bond donors (Lipinski definition) is 1. The number of alkyl halides is 2. The molecule has 0 aliphatic heterocycles. The van der Waals surface area contributed by atoms with E-state index < -0.39 is 11.9 Å². The Hall–Kier alpha value is -0.690. The highest BCUT2D eigenvalue weighted by atomic mass is 32.2. The van der Waals surface area contributed by atoms with Gasteiger partial charge in [0.05, 0.1) is 12.1 Å². The Balaban J connectivity index is 1.82. The van der Waals surface area contributed by atoms with Crippen LogP contribution in [0.25, 0.3) is 0 Å². The maximum atomic E-state index is 13.2. The minimum atomic E-state index is -2.51. The van der Waals surface area contributed by atoms with Gasteiger partial charge in [-0.25, -0.2) is 13.8 Å². The van der Waals surface area contributed by atoms with Gasteiger partial charge in [0, 0.05) is 24.0 Å². The van der Waals surface area contributed by atoms with Crippen LogP contribution in [0.5, 0.6) is 0 Å². The quantitative estimate of drug-likeness (QED) is 0.843. The third-order valence-electron chi connectivity index (χ3n) is 3.05. The molecule has 7 heteroatoms. The lowest BCUT2D eigenvalue weighted by atomic mass is 9.88. The number of rotatable bonds is 5. The van der Waals surface area contributed by atoms with Gasteiger partial charge in [-0.1, -0.05) is 11.8 Å². The summed E-state index contributed by atoms with van der Waals surface area (Å²) in [4.78, 5) is 14.7. The smallest absolute Gasteiger partial charge is 0.309 e. The van der Waals surface area contributed by atoms with Gasteiger partial charge < -0.3 is 5.11 Å². The first kappa shape index (κ1) is 14.7. The Labute approximate surface area is 118 Å². The maximum absolute atomic E-state index is 13.2. The Bertz CT molecular complexity index is 451. The summed E-state index contributed by atoms with van der Waals surface area (Å²) in [5, 5.41) is 10.4. The predicted molar refractivity (Wildman–Crippen MR) is 71.1 cm³/mol. The number of aromatic nitrogens is 1. The number of thiazole rings is 1. The van der Waals surface area contributed by atoms with Crippen molar-refractivity contribution in [1.82, 2.24) is 4.98 Å². The van der Waals surface area contributed by atoms with E-state index in [-0.39, 0.29) is 25.2 Å². The van der Waals surface area contributed by atoms with Crippen LogP contribution in [0, 0.1) is 5.92 Å².